The molecule has 100 valence electrons. The SMILES string of the molecule is COCCc1ccccc1Nc1cc(N)ccc1C. The van der Waals surface area contributed by atoms with Crippen LogP contribution in [0.2, 0.25) is 0 Å². The van der Waals surface area contributed by atoms with Crippen molar-refractivity contribution in [2.45, 2.75) is 13.3 Å². The fourth-order valence-electron chi connectivity index (χ4n) is 1.99. The van der Waals surface area contributed by atoms with E-state index in [2.05, 4.69) is 24.4 Å². The average molecular weight is 256 g/mol. The van der Waals surface area contributed by atoms with Crippen molar-refractivity contribution in [3.8, 4) is 0 Å². The third-order valence-corrected chi connectivity index (χ3v) is 3.12. The van der Waals surface area contributed by atoms with Gasteiger partial charge in [-0.2, -0.15) is 0 Å². The van der Waals surface area contributed by atoms with E-state index >= 15 is 0 Å². The van der Waals surface area contributed by atoms with E-state index in [1.807, 2.05) is 30.3 Å². The molecule has 2 rings (SSSR count). The Kier molecular flexibility index (Phi) is 4.42. The summed E-state index contributed by atoms with van der Waals surface area (Å²) in [5.74, 6) is 0. The lowest BCUT2D eigenvalue weighted by Crippen LogP contribution is -2.01. The molecule has 19 heavy (non-hydrogen) atoms. The quantitative estimate of drug-likeness (QED) is 0.805. The van der Waals surface area contributed by atoms with Gasteiger partial charge in [-0.25, -0.2) is 0 Å². The lowest BCUT2D eigenvalue weighted by atomic mass is 10.1. The number of rotatable bonds is 5. The molecule has 0 radical (unpaired) electrons. The van der Waals surface area contributed by atoms with Gasteiger partial charge in [0.25, 0.3) is 0 Å². The van der Waals surface area contributed by atoms with Gasteiger partial charge in [-0.1, -0.05) is 24.3 Å². The first-order valence-corrected chi connectivity index (χ1v) is 6.40. The number of nitrogens with one attached hydrogen (secondary N) is 1. The number of ether oxygens (including phenoxy) is 1. The molecule has 0 heterocycles. The minimum Gasteiger partial charge on any atom is -0.399 e. The number of nitrogens with two attached hydrogens (primary N) is 1. The van der Waals surface area contributed by atoms with Gasteiger partial charge >= 0.3 is 0 Å². The van der Waals surface area contributed by atoms with Gasteiger partial charge in [0.1, 0.15) is 0 Å². The van der Waals surface area contributed by atoms with Crippen molar-refractivity contribution in [3.63, 3.8) is 0 Å². The standard InChI is InChI=1S/C16H20N2O/c1-12-7-8-14(17)11-16(12)18-15-6-4-3-5-13(15)9-10-19-2/h3-8,11,18H,9-10,17H2,1-2H3. The number of nitrogen functional groups attached to an aromatic ring is 1. The Labute approximate surface area is 114 Å². The molecule has 0 unspecified atom stereocenters. The van der Waals surface area contributed by atoms with Gasteiger partial charge in [-0.3, -0.25) is 0 Å². The van der Waals surface area contributed by atoms with Crippen LogP contribution in [0.1, 0.15) is 11.1 Å². The molecule has 0 aliphatic carbocycles. The molecule has 0 saturated heterocycles. The van der Waals surface area contributed by atoms with Crippen molar-refractivity contribution in [2.24, 2.45) is 0 Å². The first-order chi connectivity index (χ1) is 9.20. The molecule has 0 fully saturated rings. The van der Waals surface area contributed by atoms with Crippen molar-refractivity contribution in [2.75, 3.05) is 24.8 Å². The summed E-state index contributed by atoms with van der Waals surface area (Å²) in [6.07, 6.45) is 0.890. The van der Waals surface area contributed by atoms with E-state index < -0.39 is 0 Å². The molecule has 3 N–H and O–H groups in total. The third-order valence-electron chi connectivity index (χ3n) is 3.12. The molecule has 2 aromatic rings. The zero-order valence-corrected chi connectivity index (χ0v) is 11.4. The van der Waals surface area contributed by atoms with Crippen LogP contribution in [0.5, 0.6) is 0 Å². The number of methoxy groups -OCH3 is 1. The highest BCUT2D eigenvalue weighted by Crippen LogP contribution is 2.25. The minimum atomic E-state index is 0.717. The normalized spacial score (nSPS) is 10.4. The molecule has 0 aromatic heterocycles. The summed E-state index contributed by atoms with van der Waals surface area (Å²) in [4.78, 5) is 0. The van der Waals surface area contributed by atoms with Crippen LogP contribution in [-0.4, -0.2) is 13.7 Å². The van der Waals surface area contributed by atoms with Gasteiger partial charge in [0.15, 0.2) is 0 Å². The molecule has 0 aliphatic rings. The maximum atomic E-state index is 5.84. The van der Waals surface area contributed by atoms with Crippen LogP contribution >= 0.6 is 0 Å². The Balaban J connectivity index is 2.25. The van der Waals surface area contributed by atoms with Crippen molar-refractivity contribution in [1.29, 1.82) is 0 Å². The summed E-state index contributed by atoms with van der Waals surface area (Å²) in [7, 11) is 1.72. The lowest BCUT2D eigenvalue weighted by Gasteiger charge is -2.14. The van der Waals surface area contributed by atoms with Crippen LogP contribution in [0.3, 0.4) is 0 Å². The average Bonchev–Trinajstić information content (AvgIpc) is 2.42. The van der Waals surface area contributed by atoms with E-state index in [0.717, 1.165) is 23.5 Å². The van der Waals surface area contributed by atoms with E-state index in [0.29, 0.717) is 6.61 Å². The first-order valence-electron chi connectivity index (χ1n) is 6.40. The van der Waals surface area contributed by atoms with E-state index in [9.17, 15) is 0 Å². The van der Waals surface area contributed by atoms with Crippen LogP contribution in [0.4, 0.5) is 17.1 Å². The smallest absolute Gasteiger partial charge is 0.0503 e. The van der Waals surface area contributed by atoms with E-state index in [4.69, 9.17) is 10.5 Å². The summed E-state index contributed by atoms with van der Waals surface area (Å²) < 4.78 is 5.15. The number of aryl methyl sites for hydroxylation is 1. The molecule has 0 aliphatic heterocycles. The summed E-state index contributed by atoms with van der Waals surface area (Å²) in [5.41, 5.74) is 11.2. The second-order valence-corrected chi connectivity index (χ2v) is 4.60. The lowest BCUT2D eigenvalue weighted by molar-refractivity contribution is 0.202. The molecule has 0 amide bonds. The van der Waals surface area contributed by atoms with Gasteiger partial charge in [-0.05, 0) is 42.7 Å². The zero-order chi connectivity index (χ0) is 13.7. The summed E-state index contributed by atoms with van der Waals surface area (Å²) in [6, 6.07) is 14.2. The molecular weight excluding hydrogens is 236 g/mol. The van der Waals surface area contributed by atoms with Gasteiger partial charge in [0.2, 0.25) is 0 Å². The maximum absolute atomic E-state index is 5.84. The van der Waals surface area contributed by atoms with Crippen LogP contribution in [-0.2, 0) is 11.2 Å². The Morgan fingerprint density at radius 3 is 2.68 bits per heavy atom. The molecule has 3 nitrogen and oxygen atoms in total. The fourth-order valence-corrected chi connectivity index (χ4v) is 1.99. The Morgan fingerprint density at radius 1 is 1.11 bits per heavy atom. The van der Waals surface area contributed by atoms with Crippen LogP contribution in [0.25, 0.3) is 0 Å². The van der Waals surface area contributed by atoms with Crippen molar-refractivity contribution >= 4 is 17.1 Å². The van der Waals surface area contributed by atoms with Crippen molar-refractivity contribution in [1.82, 2.24) is 0 Å². The summed E-state index contributed by atoms with van der Waals surface area (Å²) in [5, 5.41) is 3.45. The topological polar surface area (TPSA) is 47.3 Å². The number of benzene rings is 2. The molecule has 0 spiro atoms. The second-order valence-electron chi connectivity index (χ2n) is 4.60. The Bertz CT molecular complexity index is 552. The molecule has 3 heteroatoms. The van der Waals surface area contributed by atoms with E-state index in [1.165, 1.54) is 11.1 Å². The maximum Gasteiger partial charge on any atom is 0.0503 e. The highest BCUT2D eigenvalue weighted by atomic mass is 16.5. The van der Waals surface area contributed by atoms with Crippen molar-refractivity contribution in [3.05, 3.63) is 53.6 Å². The predicted molar refractivity (Wildman–Crippen MR) is 80.9 cm³/mol. The number of hydrogen-bond acceptors (Lipinski definition) is 3. The Hall–Kier alpha value is -2.00. The first kappa shape index (κ1) is 13.4. The van der Waals surface area contributed by atoms with Crippen LogP contribution < -0.4 is 11.1 Å². The number of hydrogen-bond donors (Lipinski definition) is 2. The van der Waals surface area contributed by atoms with Gasteiger partial charge in [0.05, 0.1) is 6.61 Å². The largest absolute Gasteiger partial charge is 0.399 e. The van der Waals surface area contributed by atoms with Crippen LogP contribution in [0, 0.1) is 6.92 Å². The summed E-state index contributed by atoms with van der Waals surface area (Å²) >= 11 is 0. The highest BCUT2D eigenvalue weighted by Gasteiger charge is 2.04. The number of para-hydroxylation sites is 1. The molecule has 2 aromatic carbocycles. The molecule has 0 bridgehead atoms. The van der Waals surface area contributed by atoms with Crippen LogP contribution in [0.15, 0.2) is 42.5 Å². The Morgan fingerprint density at radius 2 is 1.89 bits per heavy atom. The van der Waals surface area contributed by atoms with Gasteiger partial charge in [-0.15, -0.1) is 0 Å². The zero-order valence-electron chi connectivity index (χ0n) is 11.4. The van der Waals surface area contributed by atoms with Gasteiger partial charge < -0.3 is 15.8 Å². The minimum absolute atomic E-state index is 0.717. The van der Waals surface area contributed by atoms with E-state index in [-0.39, 0.29) is 0 Å². The second kappa shape index (κ2) is 6.25. The third kappa shape index (κ3) is 3.48. The van der Waals surface area contributed by atoms with E-state index in [1.54, 1.807) is 7.11 Å². The molecule has 0 atom stereocenters. The fraction of sp³-hybridized carbons (Fsp3) is 0.250. The van der Waals surface area contributed by atoms with Gasteiger partial charge in [0, 0.05) is 24.2 Å². The number of anilines is 3. The molecule has 0 saturated carbocycles. The summed E-state index contributed by atoms with van der Waals surface area (Å²) in [6.45, 7) is 2.79. The highest BCUT2D eigenvalue weighted by molar-refractivity contribution is 5.69. The van der Waals surface area contributed by atoms with Crippen molar-refractivity contribution < 1.29 is 4.74 Å². The monoisotopic (exact) mass is 256 g/mol. The molecular formula is C16H20N2O. The predicted octanol–water partition coefficient (Wildman–Crippen LogP) is 3.51.